The third-order valence-corrected chi connectivity index (χ3v) is 16.1. The lowest BCUT2D eigenvalue weighted by Crippen LogP contribution is -2.61. The molecule has 360 valence electrons. The van der Waals surface area contributed by atoms with Gasteiger partial charge in [-0.2, -0.15) is 0 Å². The highest BCUT2D eigenvalue weighted by atomic mass is 15.2. The number of benzene rings is 10. The molecule has 12 rings (SSSR count). The SMILES string of the molecule is CC(C)(C)c1ccc(-c2ccccc2N2c3ccc(C(C)(C)C)cc3B3c4cc(C(C)(C)C)ccc4N(c4ccc(C(C)(C)C)cc4-c4ccc5c6ccccc6c6ccccc6c5c4)c4cccc2c43)cc1. The summed E-state index contributed by atoms with van der Waals surface area (Å²) in [6.45, 7) is 28.0. The van der Waals surface area contributed by atoms with Gasteiger partial charge >= 0.3 is 0 Å². The molecule has 2 heterocycles. The minimum Gasteiger partial charge on any atom is -0.311 e. The molecule has 0 saturated heterocycles. The maximum Gasteiger partial charge on any atom is 0.252 e. The van der Waals surface area contributed by atoms with Crippen LogP contribution in [0.4, 0.5) is 34.1 Å². The van der Waals surface area contributed by atoms with Crippen molar-refractivity contribution >= 4 is 89.5 Å². The lowest BCUT2D eigenvalue weighted by molar-refractivity contribution is 0.590. The van der Waals surface area contributed by atoms with Crippen LogP contribution in [0.5, 0.6) is 0 Å². The van der Waals surface area contributed by atoms with Gasteiger partial charge in [-0.15, -0.1) is 0 Å². The molecule has 73 heavy (non-hydrogen) atoms. The Morgan fingerprint density at radius 3 is 1.16 bits per heavy atom. The second-order valence-electron chi connectivity index (χ2n) is 25.0. The zero-order chi connectivity index (χ0) is 50.9. The van der Waals surface area contributed by atoms with Crippen LogP contribution in [0.1, 0.15) is 105 Å². The molecule has 2 nitrogen and oxygen atoms in total. The van der Waals surface area contributed by atoms with Crippen LogP contribution < -0.4 is 26.2 Å². The van der Waals surface area contributed by atoms with Crippen LogP contribution >= 0.6 is 0 Å². The summed E-state index contributed by atoms with van der Waals surface area (Å²) in [5, 5.41) is 7.71. The molecule has 0 aliphatic carbocycles. The summed E-state index contributed by atoms with van der Waals surface area (Å²) in [6.07, 6.45) is 0. The first-order valence-corrected chi connectivity index (χ1v) is 26.5. The fourth-order valence-electron chi connectivity index (χ4n) is 12.0. The molecule has 10 aromatic rings. The van der Waals surface area contributed by atoms with Gasteiger partial charge in [-0.25, -0.2) is 0 Å². The smallest absolute Gasteiger partial charge is 0.252 e. The Bertz CT molecular complexity index is 3810. The Balaban J connectivity index is 1.15. The van der Waals surface area contributed by atoms with Gasteiger partial charge in [0, 0.05) is 33.9 Å². The van der Waals surface area contributed by atoms with E-state index in [2.05, 4.69) is 281 Å². The molecule has 0 saturated carbocycles. The van der Waals surface area contributed by atoms with Gasteiger partial charge in [-0.05, 0) is 152 Å². The average molecular weight is 947 g/mol. The van der Waals surface area contributed by atoms with E-state index in [1.54, 1.807) is 0 Å². The number of hydrogen-bond acceptors (Lipinski definition) is 2. The van der Waals surface area contributed by atoms with Gasteiger partial charge in [-0.1, -0.05) is 223 Å². The van der Waals surface area contributed by atoms with E-state index in [1.807, 2.05) is 0 Å². The summed E-state index contributed by atoms with van der Waals surface area (Å²) >= 11 is 0. The van der Waals surface area contributed by atoms with Crippen LogP contribution in [0.25, 0.3) is 54.6 Å². The predicted molar refractivity (Wildman–Crippen MR) is 319 cm³/mol. The van der Waals surface area contributed by atoms with Crippen molar-refractivity contribution in [3.05, 3.63) is 210 Å². The first-order chi connectivity index (χ1) is 34.8. The Hall–Kier alpha value is -7.36. The summed E-state index contributed by atoms with van der Waals surface area (Å²) < 4.78 is 0. The molecule has 2 aliphatic rings. The summed E-state index contributed by atoms with van der Waals surface area (Å²) in [5.74, 6) is 0. The normalized spacial score (nSPS) is 13.7. The second kappa shape index (κ2) is 16.6. The second-order valence-corrected chi connectivity index (χ2v) is 25.0. The maximum absolute atomic E-state index is 2.62. The molecule has 0 N–H and O–H groups in total. The Kier molecular flexibility index (Phi) is 10.6. The fraction of sp³-hybridized carbons (Fsp3) is 0.229. The molecule has 0 atom stereocenters. The molecule has 0 unspecified atom stereocenters. The summed E-state index contributed by atoms with van der Waals surface area (Å²) in [6, 6.07) is 72.5. The van der Waals surface area contributed by atoms with Crippen molar-refractivity contribution in [3.8, 4) is 22.3 Å². The summed E-state index contributed by atoms with van der Waals surface area (Å²) in [7, 11) is 0. The number of rotatable bonds is 4. The lowest BCUT2D eigenvalue weighted by atomic mass is 9.33. The van der Waals surface area contributed by atoms with E-state index in [0.29, 0.717) is 0 Å². The maximum atomic E-state index is 2.62. The van der Waals surface area contributed by atoms with Crippen LogP contribution in [0.3, 0.4) is 0 Å². The van der Waals surface area contributed by atoms with Gasteiger partial charge in [0.05, 0.1) is 11.4 Å². The standard InChI is InChI=1S/C70H67BN2/c1-67(2,3)46-31-28-44(29-32-46)50-20-17-18-25-60(50)72-62-38-34-48(69(7,8)9)42-58(62)71-59-43-49(70(10,11)12)35-39-63(59)73(65-27-19-26-64(72)66(65)71)61-37-33-47(68(4,5)6)41-56(61)45-30-36-55-53-23-14-13-21-51(53)52-22-15-16-24-54(52)57(55)40-45/h13-43H,1-12H3. The summed E-state index contributed by atoms with van der Waals surface area (Å²) in [5.41, 5.74) is 21.3. The van der Waals surface area contributed by atoms with Gasteiger partial charge in [0.15, 0.2) is 0 Å². The largest absolute Gasteiger partial charge is 0.311 e. The molecule has 0 fully saturated rings. The highest BCUT2D eigenvalue weighted by molar-refractivity contribution is 7.00. The minimum atomic E-state index is -0.0686. The van der Waals surface area contributed by atoms with Crippen molar-refractivity contribution in [2.45, 2.75) is 105 Å². The first kappa shape index (κ1) is 46.7. The Labute approximate surface area is 434 Å². The van der Waals surface area contributed by atoms with Gasteiger partial charge in [0.1, 0.15) is 0 Å². The van der Waals surface area contributed by atoms with E-state index in [1.165, 1.54) is 127 Å². The Morgan fingerprint density at radius 2 is 0.658 bits per heavy atom. The van der Waals surface area contributed by atoms with Crippen molar-refractivity contribution < 1.29 is 0 Å². The summed E-state index contributed by atoms with van der Waals surface area (Å²) in [4.78, 5) is 5.21. The van der Waals surface area contributed by atoms with Crippen LogP contribution in [0, 0.1) is 0 Å². The molecule has 3 heteroatoms. The molecule has 0 aromatic heterocycles. The number of para-hydroxylation sites is 1. The van der Waals surface area contributed by atoms with E-state index >= 15 is 0 Å². The van der Waals surface area contributed by atoms with Gasteiger partial charge in [-0.3, -0.25) is 0 Å². The molecule has 0 bridgehead atoms. The monoisotopic (exact) mass is 947 g/mol. The van der Waals surface area contributed by atoms with Crippen molar-refractivity contribution in [2.75, 3.05) is 9.80 Å². The number of nitrogens with zero attached hydrogens (tertiary/aromatic N) is 2. The fourth-order valence-corrected chi connectivity index (χ4v) is 12.0. The molecule has 0 spiro atoms. The first-order valence-electron chi connectivity index (χ1n) is 26.5. The predicted octanol–water partition coefficient (Wildman–Crippen LogP) is 17.8. The van der Waals surface area contributed by atoms with Gasteiger partial charge < -0.3 is 9.80 Å². The van der Waals surface area contributed by atoms with E-state index < -0.39 is 0 Å². The van der Waals surface area contributed by atoms with E-state index in [4.69, 9.17) is 0 Å². The molecule has 2 aliphatic heterocycles. The van der Waals surface area contributed by atoms with E-state index in [0.717, 1.165) is 0 Å². The van der Waals surface area contributed by atoms with E-state index in [-0.39, 0.29) is 28.4 Å². The van der Waals surface area contributed by atoms with E-state index in [9.17, 15) is 0 Å². The molecule has 0 radical (unpaired) electrons. The molecular weight excluding hydrogens is 880 g/mol. The quantitative estimate of drug-likeness (QED) is 0.128. The average Bonchev–Trinajstić information content (AvgIpc) is 3.37. The lowest BCUT2D eigenvalue weighted by Gasteiger charge is -2.45. The van der Waals surface area contributed by atoms with Gasteiger partial charge in [0.25, 0.3) is 6.71 Å². The molecular formula is C70H67BN2. The molecule has 10 aromatic carbocycles. The van der Waals surface area contributed by atoms with Crippen molar-refractivity contribution in [3.63, 3.8) is 0 Å². The Morgan fingerprint density at radius 1 is 0.274 bits per heavy atom. The number of fused-ring (bicyclic) bond motifs is 10. The zero-order valence-electron chi connectivity index (χ0n) is 44.9. The minimum absolute atomic E-state index is 0.0101. The topological polar surface area (TPSA) is 6.48 Å². The third-order valence-electron chi connectivity index (χ3n) is 16.1. The van der Waals surface area contributed by atoms with Crippen LogP contribution in [0.2, 0.25) is 0 Å². The van der Waals surface area contributed by atoms with Crippen molar-refractivity contribution in [1.29, 1.82) is 0 Å². The van der Waals surface area contributed by atoms with Crippen molar-refractivity contribution in [1.82, 2.24) is 0 Å². The number of anilines is 6. The van der Waals surface area contributed by atoms with Gasteiger partial charge in [0.2, 0.25) is 0 Å². The highest BCUT2D eigenvalue weighted by Crippen LogP contribution is 2.50. The zero-order valence-corrected chi connectivity index (χ0v) is 44.9. The third kappa shape index (κ3) is 7.69. The van der Waals surface area contributed by atoms with Crippen LogP contribution in [-0.2, 0) is 21.7 Å². The van der Waals surface area contributed by atoms with Crippen molar-refractivity contribution in [2.24, 2.45) is 0 Å². The van der Waals surface area contributed by atoms with Crippen LogP contribution in [-0.4, -0.2) is 6.71 Å². The molecule has 0 amide bonds. The highest BCUT2D eigenvalue weighted by Gasteiger charge is 2.45. The van der Waals surface area contributed by atoms with Crippen LogP contribution in [0.15, 0.2) is 188 Å². The number of hydrogen-bond donors (Lipinski definition) is 0.